The minimum atomic E-state index is -2.81. The minimum absolute atomic E-state index is 0.245. The van der Waals surface area contributed by atoms with E-state index in [9.17, 15) is 8.78 Å². The van der Waals surface area contributed by atoms with Crippen LogP contribution in [0.3, 0.4) is 0 Å². The summed E-state index contributed by atoms with van der Waals surface area (Å²) in [6, 6.07) is 2.96. The summed E-state index contributed by atoms with van der Waals surface area (Å²) in [6.07, 6.45) is 4.76. The van der Waals surface area contributed by atoms with Gasteiger partial charge in [0.25, 0.3) is 6.43 Å². The van der Waals surface area contributed by atoms with Gasteiger partial charge in [-0.15, -0.1) is 0 Å². The number of hydrogen-bond acceptors (Lipinski definition) is 8. The second-order valence-electron chi connectivity index (χ2n) is 7.92. The first-order valence-electron chi connectivity index (χ1n) is 10.5. The van der Waals surface area contributed by atoms with Crippen molar-refractivity contribution in [3.8, 4) is 11.4 Å². The number of rotatable bonds is 9. The molecule has 3 N–H and O–H groups in total. The summed E-state index contributed by atoms with van der Waals surface area (Å²) in [5, 5.41) is 7.21. The van der Waals surface area contributed by atoms with E-state index in [1.807, 2.05) is 12.3 Å². The molecule has 0 amide bonds. The van der Waals surface area contributed by atoms with Crippen molar-refractivity contribution in [2.75, 3.05) is 30.8 Å². The van der Waals surface area contributed by atoms with Gasteiger partial charge < -0.3 is 9.88 Å². The molecule has 1 aliphatic heterocycles. The van der Waals surface area contributed by atoms with Crippen LogP contribution in [0.2, 0.25) is 0 Å². The molecule has 2 aromatic heterocycles. The highest BCUT2D eigenvalue weighted by atomic mass is 32.2. The molecule has 11 heteroatoms. The first kappa shape index (κ1) is 24.3. The van der Waals surface area contributed by atoms with Crippen molar-refractivity contribution in [3.05, 3.63) is 30.5 Å². The number of anilines is 1. The van der Waals surface area contributed by atoms with E-state index in [0.29, 0.717) is 29.3 Å². The Kier molecular flexibility index (Phi) is 8.32. The first-order chi connectivity index (χ1) is 15.3. The summed E-state index contributed by atoms with van der Waals surface area (Å²) in [6.45, 7) is 9.35. The molecular weight excluding hydrogens is 434 g/mol. The highest BCUT2D eigenvalue weighted by molar-refractivity contribution is 7.96. The fourth-order valence-corrected chi connectivity index (χ4v) is 4.28. The molecule has 2 unspecified atom stereocenters. The summed E-state index contributed by atoms with van der Waals surface area (Å²) in [5.41, 5.74) is 0.571. The number of piperazine rings is 1. The molecule has 3 heterocycles. The molecule has 1 saturated heterocycles. The fraction of sp³-hybridized carbons (Fsp3) is 0.524. The van der Waals surface area contributed by atoms with Gasteiger partial charge in [-0.25, -0.2) is 23.7 Å². The zero-order valence-electron chi connectivity index (χ0n) is 18.7. The summed E-state index contributed by atoms with van der Waals surface area (Å²) in [5.74, 6) is 1.22. The first-order valence-corrected chi connectivity index (χ1v) is 11.7. The van der Waals surface area contributed by atoms with Crippen LogP contribution >= 0.6 is 11.9 Å². The molecule has 2 atom stereocenters. The molecule has 0 radical (unpaired) electrons. The van der Waals surface area contributed by atoms with Gasteiger partial charge in [0.05, 0.1) is 23.3 Å². The number of H-pyrrole nitrogens is 1. The van der Waals surface area contributed by atoms with Gasteiger partial charge >= 0.3 is 0 Å². The Morgan fingerprint density at radius 3 is 2.81 bits per heavy atom. The molecule has 1 aliphatic rings. The number of hydrogen-bond donors (Lipinski definition) is 3. The quantitative estimate of drug-likeness (QED) is 0.387. The van der Waals surface area contributed by atoms with Gasteiger partial charge in [0.2, 0.25) is 0 Å². The standard InChI is InChI=1S/C21H30F2N8S/c1-13(2)30-7-8-31(14(3)18(30)11-28-32-4)20-9-16(26-12-27-20)17-10-25-19(29-17)6-5-15(24)21(22)23/h5-6,9-10,12-14,18,21,24,28H,7-8,11H2,1-4H3,(H,25,29)/b6-5-,24-15?. The van der Waals surface area contributed by atoms with Crippen LogP contribution in [0, 0.1) is 5.41 Å². The molecule has 32 heavy (non-hydrogen) atoms. The Labute approximate surface area is 191 Å². The number of halogens is 2. The number of nitrogens with one attached hydrogen (secondary N) is 3. The normalized spacial score (nSPS) is 20.1. The lowest BCUT2D eigenvalue weighted by Gasteiger charge is -2.48. The van der Waals surface area contributed by atoms with Crippen molar-refractivity contribution < 1.29 is 8.78 Å². The minimum Gasteiger partial charge on any atom is -0.351 e. The average molecular weight is 465 g/mol. The molecule has 3 rings (SSSR count). The third-order valence-corrected chi connectivity index (χ3v) is 6.10. The Morgan fingerprint density at radius 2 is 2.12 bits per heavy atom. The van der Waals surface area contributed by atoms with Gasteiger partial charge in [-0.3, -0.25) is 15.0 Å². The van der Waals surface area contributed by atoms with Crippen LogP contribution in [0.4, 0.5) is 14.6 Å². The summed E-state index contributed by atoms with van der Waals surface area (Å²) >= 11 is 1.63. The zero-order chi connectivity index (χ0) is 23.3. The van der Waals surface area contributed by atoms with Crippen molar-refractivity contribution in [1.29, 1.82) is 5.41 Å². The zero-order valence-corrected chi connectivity index (χ0v) is 19.5. The lowest BCUT2D eigenvalue weighted by atomic mass is 10.0. The Balaban J connectivity index is 1.79. The lowest BCUT2D eigenvalue weighted by Crippen LogP contribution is -2.63. The Morgan fingerprint density at radius 1 is 1.34 bits per heavy atom. The molecule has 0 aliphatic carbocycles. The SMILES string of the molecule is CSNCC1C(C)N(c2cc(-c3cnc(/C=C\C(=N)C(F)F)[nH]3)ncn2)CCN1C(C)C. The summed E-state index contributed by atoms with van der Waals surface area (Å²) in [7, 11) is 0. The number of aromatic nitrogens is 4. The van der Waals surface area contributed by atoms with E-state index >= 15 is 0 Å². The van der Waals surface area contributed by atoms with Gasteiger partial charge in [0.15, 0.2) is 0 Å². The van der Waals surface area contributed by atoms with E-state index < -0.39 is 12.1 Å². The smallest absolute Gasteiger partial charge is 0.279 e. The van der Waals surface area contributed by atoms with E-state index in [4.69, 9.17) is 5.41 Å². The van der Waals surface area contributed by atoms with Gasteiger partial charge in [-0.1, -0.05) is 11.9 Å². The molecule has 174 valence electrons. The van der Waals surface area contributed by atoms with Gasteiger partial charge in [0, 0.05) is 43.8 Å². The Bertz CT molecular complexity index is 932. The topological polar surface area (TPSA) is 96.8 Å². The van der Waals surface area contributed by atoms with Crippen molar-refractivity contribution in [2.24, 2.45) is 0 Å². The highest BCUT2D eigenvalue weighted by Crippen LogP contribution is 2.26. The predicted molar refractivity (Wildman–Crippen MR) is 126 cm³/mol. The maximum Gasteiger partial charge on any atom is 0.279 e. The second kappa shape index (κ2) is 11.0. The van der Waals surface area contributed by atoms with Gasteiger partial charge in [0.1, 0.15) is 18.0 Å². The van der Waals surface area contributed by atoms with Crippen molar-refractivity contribution in [3.63, 3.8) is 0 Å². The maximum atomic E-state index is 12.5. The maximum absolute atomic E-state index is 12.5. The average Bonchev–Trinajstić information content (AvgIpc) is 3.25. The highest BCUT2D eigenvalue weighted by Gasteiger charge is 2.35. The number of allylic oxidation sites excluding steroid dienone is 1. The second-order valence-corrected chi connectivity index (χ2v) is 8.62. The van der Waals surface area contributed by atoms with Crippen LogP contribution in [0.1, 0.15) is 26.6 Å². The number of alkyl halides is 2. The molecule has 0 bridgehead atoms. The predicted octanol–water partition coefficient (Wildman–Crippen LogP) is 3.32. The number of aromatic amines is 1. The van der Waals surface area contributed by atoms with Gasteiger partial charge in [-0.05, 0) is 39.2 Å². The molecule has 0 spiro atoms. The third-order valence-electron chi connectivity index (χ3n) is 5.65. The van der Waals surface area contributed by atoms with E-state index in [1.165, 1.54) is 12.4 Å². The number of imidazole rings is 1. The van der Waals surface area contributed by atoms with Crippen LogP contribution in [-0.4, -0.2) is 81.0 Å². The third kappa shape index (κ3) is 5.70. The van der Waals surface area contributed by atoms with E-state index in [1.54, 1.807) is 18.1 Å². The molecule has 2 aromatic rings. The number of nitrogens with zero attached hydrogens (tertiary/aromatic N) is 5. The molecule has 1 fully saturated rings. The summed E-state index contributed by atoms with van der Waals surface area (Å²) < 4.78 is 28.4. The molecule has 0 aromatic carbocycles. The molecular formula is C21H30F2N8S. The fourth-order valence-electron chi connectivity index (χ4n) is 3.94. The van der Waals surface area contributed by atoms with Crippen LogP contribution in [0.5, 0.6) is 0 Å². The molecule has 8 nitrogen and oxygen atoms in total. The summed E-state index contributed by atoms with van der Waals surface area (Å²) in [4.78, 5) is 20.9. The largest absolute Gasteiger partial charge is 0.351 e. The Hall–Kier alpha value is -2.37. The lowest BCUT2D eigenvalue weighted by molar-refractivity contribution is 0.112. The van der Waals surface area contributed by atoms with Gasteiger partial charge in [-0.2, -0.15) is 0 Å². The van der Waals surface area contributed by atoms with Crippen LogP contribution < -0.4 is 9.62 Å². The van der Waals surface area contributed by atoms with Crippen molar-refractivity contribution >= 4 is 29.6 Å². The van der Waals surface area contributed by atoms with Crippen LogP contribution in [0.15, 0.2) is 24.7 Å². The van der Waals surface area contributed by atoms with Crippen molar-refractivity contribution in [1.82, 2.24) is 29.6 Å². The van der Waals surface area contributed by atoms with E-state index in [0.717, 1.165) is 31.5 Å². The van der Waals surface area contributed by atoms with E-state index in [2.05, 4.69) is 55.2 Å². The van der Waals surface area contributed by atoms with Crippen LogP contribution in [0.25, 0.3) is 17.5 Å². The monoisotopic (exact) mass is 464 g/mol. The van der Waals surface area contributed by atoms with Crippen molar-refractivity contribution in [2.45, 2.75) is 45.3 Å². The van der Waals surface area contributed by atoms with E-state index in [-0.39, 0.29) is 6.04 Å². The van der Waals surface area contributed by atoms with Crippen LogP contribution in [-0.2, 0) is 0 Å². The molecule has 0 saturated carbocycles.